The third kappa shape index (κ3) is 3.60. The molecule has 1 saturated heterocycles. The molecule has 2 aromatic heterocycles. The maximum Gasteiger partial charge on any atom is 0.255 e. The minimum Gasteiger partial charge on any atom is -0.341 e. The van der Waals surface area contributed by atoms with Crippen LogP contribution in [-0.4, -0.2) is 40.1 Å². The van der Waals surface area contributed by atoms with Crippen molar-refractivity contribution < 1.29 is 4.79 Å². The topological polar surface area (TPSA) is 71.3 Å². The lowest BCUT2D eigenvalue weighted by molar-refractivity contribution is -0.122. The normalized spacial score (nSPS) is 18.2. The maximum absolute atomic E-state index is 13.4. The average Bonchev–Trinajstić information content (AvgIpc) is 3.25. The summed E-state index contributed by atoms with van der Waals surface area (Å²) in [5, 5.41) is 0. The first-order chi connectivity index (χ1) is 15.1. The van der Waals surface area contributed by atoms with Gasteiger partial charge in [0.25, 0.3) is 5.56 Å². The molecule has 0 spiro atoms. The molecule has 31 heavy (non-hydrogen) atoms. The largest absolute Gasteiger partial charge is 0.341 e. The van der Waals surface area contributed by atoms with Gasteiger partial charge in [0.2, 0.25) is 11.9 Å². The number of rotatable bonds is 3. The number of pyridine rings is 1. The van der Waals surface area contributed by atoms with E-state index in [1.54, 1.807) is 30.1 Å². The first kappa shape index (κ1) is 19.5. The lowest BCUT2D eigenvalue weighted by Crippen LogP contribution is -2.46. The summed E-state index contributed by atoms with van der Waals surface area (Å²) >= 11 is 0. The van der Waals surface area contributed by atoms with Crippen LogP contribution in [0.1, 0.15) is 18.4 Å². The van der Waals surface area contributed by atoms with E-state index >= 15 is 0 Å². The lowest BCUT2D eigenvalue weighted by Gasteiger charge is -2.35. The molecule has 7 heteroatoms. The van der Waals surface area contributed by atoms with Crippen LogP contribution in [0.5, 0.6) is 0 Å². The fourth-order valence-electron chi connectivity index (χ4n) is 4.63. The molecule has 7 nitrogen and oxygen atoms in total. The van der Waals surface area contributed by atoms with Gasteiger partial charge in [0.15, 0.2) is 0 Å². The summed E-state index contributed by atoms with van der Waals surface area (Å²) in [4.78, 5) is 38.9. The van der Waals surface area contributed by atoms with Gasteiger partial charge < -0.3 is 9.80 Å². The second-order valence-corrected chi connectivity index (χ2v) is 8.23. The highest BCUT2D eigenvalue weighted by Crippen LogP contribution is 2.31. The van der Waals surface area contributed by atoms with E-state index in [4.69, 9.17) is 4.98 Å². The average molecular weight is 415 g/mol. The monoisotopic (exact) mass is 415 g/mol. The minimum atomic E-state index is -0.112. The van der Waals surface area contributed by atoms with Gasteiger partial charge in [-0.25, -0.2) is 4.98 Å². The Morgan fingerprint density at radius 1 is 1.10 bits per heavy atom. The van der Waals surface area contributed by atoms with Crippen LogP contribution >= 0.6 is 0 Å². The first-order valence-electron chi connectivity index (χ1n) is 10.7. The number of nitrogens with zero attached hydrogens (tertiary/aromatic N) is 5. The number of piperidine rings is 1. The van der Waals surface area contributed by atoms with Gasteiger partial charge in [0, 0.05) is 56.4 Å². The number of fused-ring (bicyclic) bond motifs is 1. The van der Waals surface area contributed by atoms with Crippen LogP contribution in [0.25, 0.3) is 11.3 Å². The molecule has 0 aliphatic carbocycles. The maximum atomic E-state index is 13.4. The minimum absolute atomic E-state index is 0.110. The number of benzene rings is 1. The summed E-state index contributed by atoms with van der Waals surface area (Å²) in [7, 11) is 1.74. The molecular weight excluding hydrogens is 390 g/mol. The molecule has 5 rings (SSSR count). The highest BCUT2D eigenvalue weighted by Gasteiger charge is 2.33. The zero-order valence-corrected chi connectivity index (χ0v) is 17.6. The molecule has 1 unspecified atom stereocenters. The first-order valence-corrected chi connectivity index (χ1v) is 10.7. The second kappa shape index (κ2) is 7.98. The molecular formula is C24H25N5O2. The van der Waals surface area contributed by atoms with Crippen molar-refractivity contribution in [3.63, 3.8) is 0 Å². The molecule has 1 fully saturated rings. The molecule has 3 aromatic rings. The number of hydrogen-bond acceptors (Lipinski definition) is 5. The predicted octanol–water partition coefficient (Wildman–Crippen LogP) is 2.65. The van der Waals surface area contributed by atoms with Crippen molar-refractivity contribution in [3.05, 3.63) is 70.8 Å². The number of amides is 1. The van der Waals surface area contributed by atoms with Crippen molar-refractivity contribution >= 4 is 17.5 Å². The summed E-state index contributed by atoms with van der Waals surface area (Å²) < 4.78 is 1.57. The van der Waals surface area contributed by atoms with Gasteiger partial charge >= 0.3 is 0 Å². The number of hydrogen-bond donors (Lipinski definition) is 0. The van der Waals surface area contributed by atoms with Gasteiger partial charge in [0.1, 0.15) is 0 Å². The Bertz CT molecular complexity index is 1170. The van der Waals surface area contributed by atoms with Crippen molar-refractivity contribution in [3.8, 4) is 11.3 Å². The lowest BCUT2D eigenvalue weighted by atomic mass is 9.96. The standard InChI is InChI=1S/C24H25N5O2/c1-27-22(30)15-20(17-8-11-25-12-9-17)26-24(27)28-13-4-6-19(16-28)23(31)29-14-10-18-5-2-3-7-21(18)29/h2-3,5,7-9,11-12,15,19H,4,6,10,13-14,16H2,1H3. The molecule has 0 saturated carbocycles. The Kier molecular flexibility index (Phi) is 5.02. The summed E-state index contributed by atoms with van der Waals surface area (Å²) in [6, 6.07) is 13.4. The Balaban J connectivity index is 1.42. The third-order valence-corrected chi connectivity index (χ3v) is 6.29. The summed E-state index contributed by atoms with van der Waals surface area (Å²) in [6.45, 7) is 2.08. The van der Waals surface area contributed by atoms with Gasteiger partial charge in [-0.05, 0) is 43.0 Å². The fourth-order valence-corrected chi connectivity index (χ4v) is 4.63. The van der Waals surface area contributed by atoms with Crippen LogP contribution in [0.3, 0.4) is 0 Å². The second-order valence-electron chi connectivity index (χ2n) is 8.23. The molecule has 0 N–H and O–H groups in total. The van der Waals surface area contributed by atoms with E-state index in [2.05, 4.69) is 16.0 Å². The smallest absolute Gasteiger partial charge is 0.255 e. The number of carbonyl (C=O) groups is 1. The zero-order valence-electron chi connectivity index (χ0n) is 17.6. The molecule has 158 valence electrons. The third-order valence-electron chi connectivity index (χ3n) is 6.29. The van der Waals surface area contributed by atoms with Crippen LogP contribution in [0.2, 0.25) is 0 Å². The van der Waals surface area contributed by atoms with E-state index in [1.807, 2.05) is 35.2 Å². The quantitative estimate of drug-likeness (QED) is 0.658. The van der Waals surface area contributed by atoms with Crippen molar-refractivity contribution in [1.82, 2.24) is 14.5 Å². The number of carbonyl (C=O) groups excluding carboxylic acids is 1. The van der Waals surface area contributed by atoms with Crippen molar-refractivity contribution in [2.75, 3.05) is 29.4 Å². The predicted molar refractivity (Wildman–Crippen MR) is 120 cm³/mol. The highest BCUT2D eigenvalue weighted by atomic mass is 16.2. The molecule has 1 amide bonds. The summed E-state index contributed by atoms with van der Waals surface area (Å²) in [6.07, 6.45) is 6.03. The van der Waals surface area contributed by atoms with E-state index in [1.165, 1.54) is 5.56 Å². The van der Waals surface area contributed by atoms with E-state index in [0.29, 0.717) is 18.2 Å². The molecule has 2 aliphatic heterocycles. The van der Waals surface area contributed by atoms with Crippen LogP contribution in [0, 0.1) is 5.92 Å². The van der Waals surface area contributed by atoms with E-state index in [0.717, 1.165) is 43.6 Å². The van der Waals surface area contributed by atoms with Crippen molar-refractivity contribution in [2.24, 2.45) is 13.0 Å². The number of aromatic nitrogens is 3. The Morgan fingerprint density at radius 3 is 2.74 bits per heavy atom. The van der Waals surface area contributed by atoms with Crippen molar-refractivity contribution in [1.29, 1.82) is 0 Å². The highest BCUT2D eigenvalue weighted by molar-refractivity contribution is 5.97. The van der Waals surface area contributed by atoms with Gasteiger partial charge in [-0.15, -0.1) is 0 Å². The Morgan fingerprint density at radius 2 is 1.90 bits per heavy atom. The van der Waals surface area contributed by atoms with Gasteiger partial charge in [-0.3, -0.25) is 19.1 Å². The van der Waals surface area contributed by atoms with Crippen LogP contribution < -0.4 is 15.4 Å². The molecule has 1 atom stereocenters. The van der Waals surface area contributed by atoms with Crippen LogP contribution in [0.4, 0.5) is 11.6 Å². The van der Waals surface area contributed by atoms with E-state index < -0.39 is 0 Å². The van der Waals surface area contributed by atoms with Crippen molar-refractivity contribution in [2.45, 2.75) is 19.3 Å². The zero-order chi connectivity index (χ0) is 21.4. The summed E-state index contributed by atoms with van der Waals surface area (Å²) in [5.41, 5.74) is 3.64. The number of para-hydroxylation sites is 1. The Hall–Kier alpha value is -3.48. The molecule has 1 aromatic carbocycles. The molecule has 0 radical (unpaired) electrons. The SMILES string of the molecule is Cn1c(N2CCCC(C(=O)N3CCc4ccccc43)C2)nc(-c2ccncc2)cc1=O. The van der Waals surface area contributed by atoms with E-state index in [9.17, 15) is 9.59 Å². The van der Waals surface area contributed by atoms with Gasteiger partial charge in [-0.1, -0.05) is 18.2 Å². The Labute approximate surface area is 181 Å². The molecule has 0 bridgehead atoms. The fraction of sp³-hybridized carbons (Fsp3) is 0.333. The molecule has 4 heterocycles. The van der Waals surface area contributed by atoms with Gasteiger partial charge in [0.05, 0.1) is 11.6 Å². The van der Waals surface area contributed by atoms with Gasteiger partial charge in [-0.2, -0.15) is 0 Å². The van der Waals surface area contributed by atoms with E-state index in [-0.39, 0.29) is 17.4 Å². The number of anilines is 2. The summed E-state index contributed by atoms with van der Waals surface area (Å²) in [5.74, 6) is 0.671. The van der Waals surface area contributed by atoms with Crippen LogP contribution in [-0.2, 0) is 18.3 Å². The van der Waals surface area contributed by atoms with Crippen LogP contribution in [0.15, 0.2) is 59.7 Å². The molecule has 2 aliphatic rings.